The Morgan fingerprint density at radius 3 is 2.64 bits per heavy atom. The molecule has 11 heavy (non-hydrogen) atoms. The summed E-state index contributed by atoms with van der Waals surface area (Å²) >= 11 is 0. The van der Waals surface area contributed by atoms with E-state index in [0.29, 0.717) is 0 Å². The minimum Gasteiger partial charge on any atom is -0.333 e. The molecule has 0 fully saturated rings. The Kier molecular flexibility index (Phi) is 2.29. The van der Waals surface area contributed by atoms with E-state index in [1.807, 2.05) is 20.2 Å². The van der Waals surface area contributed by atoms with Crippen LogP contribution in [0, 0.1) is 13.8 Å². The quantitative estimate of drug-likeness (QED) is 0.684. The van der Waals surface area contributed by atoms with Gasteiger partial charge in [0.05, 0.1) is 12.0 Å². The van der Waals surface area contributed by atoms with Crippen LogP contribution in [0.15, 0.2) is 6.33 Å². The zero-order valence-electron chi connectivity index (χ0n) is 7.33. The summed E-state index contributed by atoms with van der Waals surface area (Å²) in [7, 11) is 0. The molecule has 2 N–H and O–H groups in total. The Morgan fingerprint density at radius 2 is 2.27 bits per heavy atom. The Hall–Kier alpha value is -0.830. The van der Waals surface area contributed by atoms with Gasteiger partial charge in [-0.25, -0.2) is 4.98 Å². The second-order valence-electron chi connectivity index (χ2n) is 3.05. The molecule has 0 aromatic carbocycles. The molecule has 3 nitrogen and oxygen atoms in total. The number of imidazole rings is 1. The van der Waals surface area contributed by atoms with E-state index in [4.69, 9.17) is 5.73 Å². The van der Waals surface area contributed by atoms with Gasteiger partial charge in [-0.15, -0.1) is 0 Å². The van der Waals surface area contributed by atoms with Crippen molar-refractivity contribution in [2.75, 3.05) is 0 Å². The predicted octanol–water partition coefficient (Wildman–Crippen LogP) is 0.847. The van der Waals surface area contributed by atoms with Gasteiger partial charge >= 0.3 is 0 Å². The predicted molar refractivity (Wildman–Crippen MR) is 45.4 cm³/mol. The van der Waals surface area contributed by atoms with Crippen molar-refractivity contribution in [3.63, 3.8) is 0 Å². The molecule has 0 aliphatic carbocycles. The molecule has 0 saturated carbocycles. The molecular formula is C8H15N3. The second kappa shape index (κ2) is 3.05. The first-order valence-electron chi connectivity index (χ1n) is 3.85. The molecule has 1 rings (SSSR count). The fourth-order valence-electron chi connectivity index (χ4n) is 1.04. The molecule has 0 aliphatic heterocycles. The van der Waals surface area contributed by atoms with E-state index in [1.54, 1.807) is 0 Å². The van der Waals surface area contributed by atoms with Crippen molar-refractivity contribution in [1.29, 1.82) is 0 Å². The molecule has 1 atom stereocenters. The summed E-state index contributed by atoms with van der Waals surface area (Å²) in [6, 6.07) is 0.197. The first kappa shape index (κ1) is 8.27. The Bertz CT molecular complexity index is 237. The molecule has 0 saturated heterocycles. The van der Waals surface area contributed by atoms with Crippen molar-refractivity contribution in [2.45, 2.75) is 33.4 Å². The van der Waals surface area contributed by atoms with Gasteiger partial charge in [-0.1, -0.05) is 0 Å². The fourth-order valence-corrected chi connectivity index (χ4v) is 1.04. The Balaban J connectivity index is 2.79. The van der Waals surface area contributed by atoms with Crippen molar-refractivity contribution >= 4 is 0 Å². The lowest BCUT2D eigenvalue weighted by molar-refractivity contribution is 0.579. The van der Waals surface area contributed by atoms with Crippen LogP contribution in [0.25, 0.3) is 0 Å². The molecule has 0 radical (unpaired) electrons. The van der Waals surface area contributed by atoms with Gasteiger partial charge < -0.3 is 10.3 Å². The van der Waals surface area contributed by atoms with E-state index >= 15 is 0 Å². The zero-order valence-corrected chi connectivity index (χ0v) is 7.33. The number of aryl methyl sites for hydroxylation is 1. The number of aromatic nitrogens is 2. The van der Waals surface area contributed by atoms with Crippen LogP contribution < -0.4 is 5.73 Å². The molecule has 3 heteroatoms. The van der Waals surface area contributed by atoms with Gasteiger partial charge in [0.15, 0.2) is 0 Å². The van der Waals surface area contributed by atoms with Crippen molar-refractivity contribution in [3.8, 4) is 0 Å². The van der Waals surface area contributed by atoms with Crippen LogP contribution in [-0.4, -0.2) is 15.6 Å². The van der Waals surface area contributed by atoms with Crippen LogP contribution in [0.3, 0.4) is 0 Å². The third-order valence-electron chi connectivity index (χ3n) is 1.83. The molecule has 0 amide bonds. The Morgan fingerprint density at radius 1 is 1.64 bits per heavy atom. The topological polar surface area (TPSA) is 43.8 Å². The highest BCUT2D eigenvalue weighted by Gasteiger charge is 2.02. The second-order valence-corrected chi connectivity index (χ2v) is 3.05. The van der Waals surface area contributed by atoms with E-state index < -0.39 is 0 Å². The summed E-state index contributed by atoms with van der Waals surface area (Å²) < 4.78 is 2.08. The molecule has 0 bridgehead atoms. The highest BCUT2D eigenvalue weighted by atomic mass is 15.1. The van der Waals surface area contributed by atoms with Crippen molar-refractivity contribution in [1.82, 2.24) is 9.55 Å². The molecule has 1 aromatic rings. The maximum atomic E-state index is 5.65. The monoisotopic (exact) mass is 153 g/mol. The van der Waals surface area contributed by atoms with Crippen LogP contribution in [0.5, 0.6) is 0 Å². The van der Waals surface area contributed by atoms with Crippen molar-refractivity contribution < 1.29 is 0 Å². The van der Waals surface area contributed by atoms with Crippen LogP contribution in [0.4, 0.5) is 0 Å². The molecule has 62 valence electrons. The number of nitrogens with two attached hydrogens (primary N) is 1. The normalized spacial score (nSPS) is 13.5. The maximum absolute atomic E-state index is 5.65. The van der Waals surface area contributed by atoms with Crippen LogP contribution in [0.1, 0.15) is 18.3 Å². The molecule has 0 spiro atoms. The highest BCUT2D eigenvalue weighted by molar-refractivity contribution is 5.08. The summed E-state index contributed by atoms with van der Waals surface area (Å²) in [5.41, 5.74) is 7.95. The smallest absolute Gasteiger partial charge is 0.0951 e. The van der Waals surface area contributed by atoms with Crippen LogP contribution in [-0.2, 0) is 6.54 Å². The van der Waals surface area contributed by atoms with Crippen LogP contribution >= 0.6 is 0 Å². The number of rotatable bonds is 2. The third kappa shape index (κ3) is 1.80. The van der Waals surface area contributed by atoms with Gasteiger partial charge in [-0.05, 0) is 20.8 Å². The largest absolute Gasteiger partial charge is 0.333 e. The molecular weight excluding hydrogens is 138 g/mol. The average Bonchev–Trinajstić information content (AvgIpc) is 2.18. The van der Waals surface area contributed by atoms with E-state index in [9.17, 15) is 0 Å². The Labute approximate surface area is 67.2 Å². The summed E-state index contributed by atoms with van der Waals surface area (Å²) in [6.45, 7) is 6.92. The van der Waals surface area contributed by atoms with Gasteiger partial charge in [-0.3, -0.25) is 0 Å². The third-order valence-corrected chi connectivity index (χ3v) is 1.83. The highest BCUT2D eigenvalue weighted by Crippen LogP contribution is 2.03. The summed E-state index contributed by atoms with van der Waals surface area (Å²) in [5.74, 6) is 0. The lowest BCUT2D eigenvalue weighted by Crippen LogP contribution is -2.22. The number of nitrogens with zero attached hydrogens (tertiary/aromatic N) is 2. The van der Waals surface area contributed by atoms with E-state index in [2.05, 4.69) is 16.5 Å². The van der Waals surface area contributed by atoms with Crippen LogP contribution in [0.2, 0.25) is 0 Å². The summed E-state index contributed by atoms with van der Waals surface area (Å²) in [5, 5.41) is 0. The zero-order chi connectivity index (χ0) is 8.43. The summed E-state index contributed by atoms with van der Waals surface area (Å²) in [6.07, 6.45) is 1.84. The van der Waals surface area contributed by atoms with Crippen molar-refractivity contribution in [2.24, 2.45) is 5.73 Å². The van der Waals surface area contributed by atoms with E-state index in [1.165, 1.54) is 5.69 Å². The van der Waals surface area contributed by atoms with Gasteiger partial charge in [-0.2, -0.15) is 0 Å². The lowest BCUT2D eigenvalue weighted by atomic mass is 10.3. The van der Waals surface area contributed by atoms with E-state index in [-0.39, 0.29) is 6.04 Å². The van der Waals surface area contributed by atoms with Crippen molar-refractivity contribution in [3.05, 3.63) is 17.7 Å². The number of hydrogen-bond donors (Lipinski definition) is 1. The lowest BCUT2D eigenvalue weighted by Gasteiger charge is -2.07. The maximum Gasteiger partial charge on any atom is 0.0951 e. The average molecular weight is 153 g/mol. The first-order chi connectivity index (χ1) is 5.11. The number of hydrogen-bond acceptors (Lipinski definition) is 2. The molecule has 1 heterocycles. The molecule has 1 aromatic heterocycles. The minimum atomic E-state index is 0.197. The van der Waals surface area contributed by atoms with Gasteiger partial charge in [0.25, 0.3) is 0 Å². The fraction of sp³-hybridized carbons (Fsp3) is 0.625. The minimum absolute atomic E-state index is 0.197. The van der Waals surface area contributed by atoms with Gasteiger partial charge in [0.2, 0.25) is 0 Å². The molecule has 0 aliphatic rings. The van der Waals surface area contributed by atoms with Gasteiger partial charge in [0, 0.05) is 18.3 Å². The van der Waals surface area contributed by atoms with E-state index in [0.717, 1.165) is 12.2 Å². The molecule has 0 unspecified atom stereocenters. The summed E-state index contributed by atoms with van der Waals surface area (Å²) in [4.78, 5) is 4.18. The SMILES string of the molecule is Cc1ncn(C[C@@H](C)N)c1C. The standard InChI is InChI=1S/C8H15N3/c1-6(9)4-11-5-10-7(2)8(11)3/h5-6H,4,9H2,1-3H3/t6-/m1/s1. The first-order valence-corrected chi connectivity index (χ1v) is 3.85. The van der Waals surface area contributed by atoms with Gasteiger partial charge in [0.1, 0.15) is 0 Å².